The molecule has 3 N–H and O–H groups in total. The molecule has 0 spiro atoms. The summed E-state index contributed by atoms with van der Waals surface area (Å²) in [7, 11) is 3.73. The molecule has 22 heteroatoms. The van der Waals surface area contributed by atoms with Gasteiger partial charge >= 0.3 is 0 Å². The summed E-state index contributed by atoms with van der Waals surface area (Å²) in [5, 5.41) is 34.1. The van der Waals surface area contributed by atoms with E-state index in [1.165, 1.54) is 0 Å². The summed E-state index contributed by atoms with van der Waals surface area (Å²) < 4.78 is 8.31. The van der Waals surface area contributed by atoms with Crippen molar-refractivity contribution in [3.05, 3.63) is 322 Å². The van der Waals surface area contributed by atoms with Crippen molar-refractivity contribution in [2.75, 3.05) is 0 Å². The van der Waals surface area contributed by atoms with Gasteiger partial charge in [-0.1, -0.05) is 151 Å². The molecule has 0 saturated heterocycles. The lowest BCUT2D eigenvalue weighted by molar-refractivity contribution is 0.0932. The van der Waals surface area contributed by atoms with Crippen LogP contribution in [0, 0.1) is 56.8 Å². The number of pyridine rings is 3. The molecule has 0 saturated carbocycles. The summed E-state index contributed by atoms with van der Waals surface area (Å²) in [6, 6.07) is 60.0. The standard InChI is InChI=1S/2C31H25N7O.C27H21N5O/c1-20(33-31(39)27-21(2)35-38-17-8-16-32-30(27)38)26-19-24-12-7-11-23(13-14-25-15-18-37(3)36-25)28(24)34-29(26)22-9-5-4-6-10-22;1-20(34-31(39)27-21(2)36-38-16-8-15-32-30(27)38)26-17-25-12-7-11-24(14-13-22-18-33-37(3)19-22)28(25)35-29(26)23-9-5-4-6-10-23;1-4-19-12-8-13-21-16-22(25(30-24(19)21)20-10-6-5-7-11-20)17(2)29-27(33)23-18(3)31-32-15-9-14-28-26(23)32/h4-12,15-20H,1-3H3,(H,33,39);4-12,15-20H,1-3H3,(H,34,39);1,5-17H,2-3H3,(H,29,33). The highest BCUT2D eigenvalue weighted by Gasteiger charge is 2.27. The predicted octanol–water partition coefficient (Wildman–Crippen LogP) is 14.5. The van der Waals surface area contributed by atoms with Crippen molar-refractivity contribution < 1.29 is 14.4 Å². The van der Waals surface area contributed by atoms with Crippen LogP contribution in [0.5, 0.6) is 0 Å². The molecule has 6 aromatic carbocycles. The first-order chi connectivity index (χ1) is 54.0. The van der Waals surface area contributed by atoms with Gasteiger partial charge in [0.25, 0.3) is 17.7 Å². The number of nitrogens with one attached hydrogen (secondary N) is 3. The fourth-order valence-electron chi connectivity index (χ4n) is 13.5. The first kappa shape index (κ1) is 71.5. The van der Waals surface area contributed by atoms with Crippen LogP contribution < -0.4 is 16.0 Å². The van der Waals surface area contributed by atoms with Crippen LogP contribution in [0.25, 0.3) is 83.4 Å². The van der Waals surface area contributed by atoms with Gasteiger partial charge in [0.2, 0.25) is 0 Å². The number of hydrogen-bond acceptors (Lipinski definition) is 14. The Hall–Kier alpha value is -15.1. The highest BCUT2D eigenvalue weighted by Crippen LogP contribution is 2.36. The minimum atomic E-state index is -0.342. The number of amides is 3. The molecular formula is C89H71N19O3. The zero-order valence-electron chi connectivity index (χ0n) is 61.8. The van der Waals surface area contributed by atoms with Gasteiger partial charge in [-0.05, 0) is 108 Å². The van der Waals surface area contributed by atoms with Crippen LogP contribution in [0.1, 0.15) is 132 Å². The summed E-state index contributed by atoms with van der Waals surface area (Å²) in [6.07, 6.45) is 21.5. The number of hydrogen-bond donors (Lipinski definition) is 3. The van der Waals surface area contributed by atoms with E-state index in [1.807, 2.05) is 220 Å². The zero-order chi connectivity index (χ0) is 76.8. The molecule has 3 amide bonds. The molecule has 111 heavy (non-hydrogen) atoms. The first-order valence-corrected chi connectivity index (χ1v) is 35.8. The number of para-hydroxylation sites is 3. The van der Waals surface area contributed by atoms with Gasteiger partial charge in [-0.15, -0.1) is 6.42 Å². The molecule has 0 fully saturated rings. The van der Waals surface area contributed by atoms with E-state index in [-0.39, 0.29) is 35.8 Å². The van der Waals surface area contributed by atoms with E-state index in [0.717, 1.165) is 105 Å². The monoisotopic (exact) mass is 1450 g/mol. The molecule has 17 rings (SSSR count). The lowest BCUT2D eigenvalue weighted by Crippen LogP contribution is -2.27. The number of fused-ring (bicyclic) bond motifs is 6. The minimum Gasteiger partial charge on any atom is -0.345 e. The third-order valence-electron chi connectivity index (χ3n) is 18.8. The Morgan fingerprint density at radius 2 is 0.775 bits per heavy atom. The Kier molecular flexibility index (Phi) is 20.1. The SMILES string of the molecule is C#Cc1cccc2cc(C(C)NC(=O)c3c(C)nn4cccnc34)c(-c3ccccc3)nc12.Cc1nn2cccnc2c1C(=O)NC(C)c1cc2cccc(C#Cc3ccn(C)n3)c2nc1-c1ccccc1.Cc1nn2cccnc2c1C(=O)NC(C)c1cc2cccc(C#Cc3cnn(C)c3)c2nc1-c1ccccc1. The fourth-order valence-corrected chi connectivity index (χ4v) is 13.5. The largest absolute Gasteiger partial charge is 0.345 e. The van der Waals surface area contributed by atoms with Crippen molar-refractivity contribution in [1.82, 2.24) is 94.3 Å². The van der Waals surface area contributed by atoms with Crippen molar-refractivity contribution in [2.24, 2.45) is 14.1 Å². The minimum absolute atomic E-state index is 0.231. The van der Waals surface area contributed by atoms with Gasteiger partial charge < -0.3 is 16.0 Å². The second kappa shape index (κ2) is 31.2. The van der Waals surface area contributed by atoms with Gasteiger partial charge in [0.1, 0.15) is 22.4 Å². The Morgan fingerprint density at radius 1 is 0.405 bits per heavy atom. The van der Waals surface area contributed by atoms with E-state index in [1.54, 1.807) is 84.5 Å². The van der Waals surface area contributed by atoms with E-state index in [4.69, 9.17) is 21.4 Å². The summed E-state index contributed by atoms with van der Waals surface area (Å²) in [5.74, 6) is 14.9. The molecule has 3 unspecified atom stereocenters. The lowest BCUT2D eigenvalue weighted by atomic mass is 9.97. The van der Waals surface area contributed by atoms with Crippen LogP contribution in [0.3, 0.4) is 0 Å². The maximum atomic E-state index is 13.5. The highest BCUT2D eigenvalue weighted by atomic mass is 16.2. The molecule has 0 bridgehead atoms. The number of carbonyl (C=O) groups excluding carboxylic acids is 3. The molecule has 3 atom stereocenters. The molecule has 11 aromatic heterocycles. The van der Waals surface area contributed by atoms with Crippen LogP contribution in [-0.2, 0) is 14.1 Å². The Balaban J connectivity index is 0.000000133. The number of aryl methyl sites for hydroxylation is 5. The average Bonchev–Trinajstić information content (AvgIpc) is 1.59. The number of terminal acetylenes is 1. The fraction of sp³-hybridized carbons (Fsp3) is 0.124. The summed E-state index contributed by atoms with van der Waals surface area (Å²) >= 11 is 0. The van der Waals surface area contributed by atoms with Crippen LogP contribution in [0.15, 0.2) is 244 Å². The maximum Gasteiger partial charge on any atom is 0.257 e. The third-order valence-corrected chi connectivity index (χ3v) is 18.8. The Labute approximate surface area is 638 Å². The van der Waals surface area contributed by atoms with Gasteiger partial charge in [0.05, 0.1) is 97.3 Å². The van der Waals surface area contributed by atoms with Crippen molar-refractivity contribution in [1.29, 1.82) is 0 Å². The molecule has 22 nitrogen and oxygen atoms in total. The van der Waals surface area contributed by atoms with Gasteiger partial charge in [-0.3, -0.25) is 23.7 Å². The summed E-state index contributed by atoms with van der Waals surface area (Å²) in [4.78, 5) is 68.5. The van der Waals surface area contributed by atoms with Gasteiger partial charge in [-0.2, -0.15) is 25.5 Å². The van der Waals surface area contributed by atoms with Crippen LogP contribution in [0.2, 0.25) is 0 Å². The van der Waals surface area contributed by atoms with Crippen molar-refractivity contribution in [2.45, 2.75) is 59.7 Å². The van der Waals surface area contributed by atoms with Crippen molar-refractivity contribution in [3.8, 4) is 69.8 Å². The smallest absolute Gasteiger partial charge is 0.257 e. The lowest BCUT2D eigenvalue weighted by Gasteiger charge is -2.19. The topological polar surface area (TPSA) is 252 Å². The number of aromatic nitrogens is 16. The van der Waals surface area contributed by atoms with Gasteiger partial charge in [0.15, 0.2) is 16.9 Å². The number of nitrogens with zero attached hydrogens (tertiary/aromatic N) is 16. The van der Waals surface area contributed by atoms with Crippen molar-refractivity contribution >= 4 is 67.4 Å². The third kappa shape index (κ3) is 15.0. The second-order valence-corrected chi connectivity index (χ2v) is 26.6. The predicted molar refractivity (Wildman–Crippen MR) is 429 cm³/mol. The Morgan fingerprint density at radius 3 is 1.13 bits per heavy atom. The maximum absolute atomic E-state index is 13.5. The van der Waals surface area contributed by atoms with E-state index < -0.39 is 0 Å². The van der Waals surface area contributed by atoms with E-state index in [9.17, 15) is 14.4 Å². The van der Waals surface area contributed by atoms with E-state index >= 15 is 0 Å². The van der Waals surface area contributed by atoms with Crippen molar-refractivity contribution in [3.63, 3.8) is 0 Å². The summed E-state index contributed by atoms with van der Waals surface area (Å²) in [6.45, 7) is 11.3. The zero-order valence-corrected chi connectivity index (χ0v) is 61.8. The number of carbonyl (C=O) groups is 3. The molecule has 0 radical (unpaired) electrons. The van der Waals surface area contributed by atoms with Crippen LogP contribution in [0.4, 0.5) is 0 Å². The van der Waals surface area contributed by atoms with Crippen LogP contribution in [-0.4, -0.2) is 96.0 Å². The van der Waals surface area contributed by atoms with E-state index in [0.29, 0.717) is 56.4 Å². The molecule has 17 aromatic rings. The molecule has 0 aliphatic rings. The molecule has 0 aliphatic heterocycles. The average molecular weight is 1450 g/mol. The quantitative estimate of drug-likeness (QED) is 0.0962. The molecule has 0 aliphatic carbocycles. The number of rotatable bonds is 12. The second-order valence-electron chi connectivity index (χ2n) is 26.6. The molecular weight excluding hydrogens is 1380 g/mol. The van der Waals surface area contributed by atoms with Gasteiger partial charge in [0, 0.05) is 113 Å². The number of benzene rings is 6. The first-order valence-electron chi connectivity index (χ1n) is 35.8. The molecule has 540 valence electrons. The summed E-state index contributed by atoms with van der Waals surface area (Å²) in [5.41, 5.74) is 19.0. The van der Waals surface area contributed by atoms with E-state index in [2.05, 4.69) is 104 Å². The van der Waals surface area contributed by atoms with Crippen LogP contribution >= 0.6 is 0 Å². The Bertz CT molecular complexity index is 6340. The highest BCUT2D eigenvalue weighted by molar-refractivity contribution is 6.03. The molecule has 11 heterocycles. The van der Waals surface area contributed by atoms with Gasteiger partial charge in [-0.25, -0.2) is 43.5 Å². The normalized spacial score (nSPS) is 11.8.